The fraction of sp³-hybridized carbons (Fsp3) is 0.200. The Kier molecular flexibility index (Phi) is 6.34. The summed E-state index contributed by atoms with van der Waals surface area (Å²) in [5.41, 5.74) is 8.01. The number of anilines is 1. The van der Waals surface area contributed by atoms with Crippen LogP contribution >= 0.6 is 0 Å². The van der Waals surface area contributed by atoms with Crippen molar-refractivity contribution < 1.29 is 14.6 Å². The van der Waals surface area contributed by atoms with Gasteiger partial charge in [0.25, 0.3) is 0 Å². The van der Waals surface area contributed by atoms with E-state index >= 15 is 0 Å². The monoisotopic (exact) mass is 479 g/mol. The quantitative estimate of drug-likeness (QED) is 0.358. The zero-order chi connectivity index (χ0) is 25.2. The van der Waals surface area contributed by atoms with Crippen LogP contribution in [0.25, 0.3) is 17.2 Å². The van der Waals surface area contributed by atoms with Crippen LogP contribution in [-0.2, 0) is 18.3 Å². The van der Waals surface area contributed by atoms with Crippen LogP contribution in [0.15, 0.2) is 85.2 Å². The van der Waals surface area contributed by atoms with Crippen LogP contribution in [-0.4, -0.2) is 34.0 Å². The van der Waals surface area contributed by atoms with Gasteiger partial charge in [0.05, 0.1) is 19.3 Å². The van der Waals surface area contributed by atoms with Gasteiger partial charge in [-0.25, -0.2) is 4.79 Å². The topological polar surface area (TPSA) is 67.6 Å². The Morgan fingerprint density at radius 3 is 2.44 bits per heavy atom. The molecule has 0 amide bonds. The van der Waals surface area contributed by atoms with Gasteiger partial charge < -0.3 is 14.7 Å². The third-order valence-corrected chi connectivity index (χ3v) is 6.79. The van der Waals surface area contributed by atoms with Gasteiger partial charge in [-0.2, -0.15) is 5.10 Å². The number of aryl methyl sites for hydroxylation is 1. The van der Waals surface area contributed by atoms with Gasteiger partial charge in [0.1, 0.15) is 5.75 Å². The lowest BCUT2D eigenvalue weighted by atomic mass is 9.83. The van der Waals surface area contributed by atoms with E-state index in [-0.39, 0.29) is 12.1 Å². The van der Waals surface area contributed by atoms with E-state index < -0.39 is 5.97 Å². The minimum atomic E-state index is -0.954. The highest BCUT2D eigenvalue weighted by Gasteiger charge is 2.33. The molecule has 0 radical (unpaired) electrons. The third-order valence-electron chi connectivity index (χ3n) is 6.79. The summed E-state index contributed by atoms with van der Waals surface area (Å²) in [4.78, 5) is 13.4. The van der Waals surface area contributed by atoms with Crippen molar-refractivity contribution >= 4 is 17.7 Å². The first-order valence-corrected chi connectivity index (χ1v) is 12.0. The van der Waals surface area contributed by atoms with Gasteiger partial charge in [-0.05, 0) is 71.5 Å². The largest absolute Gasteiger partial charge is 0.497 e. The normalized spacial score (nSPS) is 17.2. The number of carboxylic acid groups (broad SMARTS) is 1. The maximum absolute atomic E-state index is 10.9. The molecule has 0 bridgehead atoms. The lowest BCUT2D eigenvalue weighted by molar-refractivity contribution is -0.131. The van der Waals surface area contributed by atoms with E-state index in [0.29, 0.717) is 0 Å². The van der Waals surface area contributed by atoms with Crippen molar-refractivity contribution in [2.24, 2.45) is 7.05 Å². The first-order valence-electron chi connectivity index (χ1n) is 12.0. The number of aromatic nitrogens is 2. The fourth-order valence-corrected chi connectivity index (χ4v) is 5.08. The number of rotatable bonds is 6. The molecule has 2 atom stereocenters. The minimum Gasteiger partial charge on any atom is -0.497 e. The molecule has 182 valence electrons. The lowest BCUT2D eigenvalue weighted by Crippen LogP contribution is -2.42. The average Bonchev–Trinajstić information content (AvgIpc) is 3.33. The molecule has 6 nitrogen and oxygen atoms in total. The number of methoxy groups -OCH3 is 1. The number of hydrogen-bond acceptors (Lipinski definition) is 4. The van der Waals surface area contributed by atoms with Gasteiger partial charge in [-0.3, -0.25) is 4.68 Å². The summed E-state index contributed by atoms with van der Waals surface area (Å²) in [5.74, 6) is -0.125. The summed E-state index contributed by atoms with van der Waals surface area (Å²) >= 11 is 0. The van der Waals surface area contributed by atoms with Crippen LogP contribution in [0.4, 0.5) is 5.69 Å². The number of hydrogen-bond donors (Lipinski definition) is 1. The lowest BCUT2D eigenvalue weighted by Gasteiger charge is -2.44. The number of benzene rings is 3. The summed E-state index contributed by atoms with van der Waals surface area (Å²) in [6.07, 6.45) is 7.64. The van der Waals surface area contributed by atoms with Crippen molar-refractivity contribution in [3.05, 3.63) is 107 Å². The van der Waals surface area contributed by atoms with Crippen molar-refractivity contribution in [2.45, 2.75) is 25.4 Å². The van der Waals surface area contributed by atoms with Gasteiger partial charge >= 0.3 is 5.97 Å². The smallest absolute Gasteiger partial charge is 0.328 e. The van der Waals surface area contributed by atoms with Crippen LogP contribution < -0.4 is 9.64 Å². The predicted octanol–water partition coefficient (Wildman–Crippen LogP) is 5.73. The van der Waals surface area contributed by atoms with Crippen molar-refractivity contribution in [1.29, 1.82) is 0 Å². The van der Waals surface area contributed by atoms with Gasteiger partial charge in [-0.1, -0.05) is 42.5 Å². The molecular formula is C30H29N3O3. The predicted molar refractivity (Wildman–Crippen MR) is 142 cm³/mol. The Hall–Kier alpha value is -4.32. The molecule has 4 aromatic rings. The molecule has 1 aliphatic heterocycles. The number of aliphatic carboxylic acids is 1. The Bertz CT molecular complexity index is 1400. The molecule has 36 heavy (non-hydrogen) atoms. The highest BCUT2D eigenvalue weighted by atomic mass is 16.5. The Balaban J connectivity index is 1.60. The third kappa shape index (κ3) is 4.62. The van der Waals surface area contributed by atoms with Gasteiger partial charge in [0.15, 0.2) is 0 Å². The maximum Gasteiger partial charge on any atom is 0.328 e. The molecule has 1 N–H and O–H groups in total. The minimum absolute atomic E-state index is 0.0117. The Morgan fingerprint density at radius 2 is 1.81 bits per heavy atom. The Labute approximate surface area is 211 Å². The van der Waals surface area contributed by atoms with Gasteiger partial charge in [0, 0.05) is 36.6 Å². The van der Waals surface area contributed by atoms with E-state index in [1.54, 1.807) is 13.2 Å². The second kappa shape index (κ2) is 9.74. The highest BCUT2D eigenvalue weighted by Crippen LogP contribution is 2.42. The molecule has 1 aliphatic rings. The number of carboxylic acids is 1. The number of ether oxygens (including phenoxy) is 1. The van der Waals surface area contributed by atoms with E-state index in [1.165, 1.54) is 16.7 Å². The van der Waals surface area contributed by atoms with Crippen molar-refractivity contribution in [3.63, 3.8) is 0 Å². The zero-order valence-electron chi connectivity index (χ0n) is 20.6. The van der Waals surface area contributed by atoms with E-state index in [4.69, 9.17) is 9.84 Å². The molecular weight excluding hydrogens is 450 g/mol. The average molecular weight is 480 g/mol. The number of carbonyl (C=O) groups is 1. The van der Waals surface area contributed by atoms with Crippen LogP contribution in [0, 0.1) is 0 Å². The standard InChI is InChI=1S/C30H29N3O3/c1-20-16-24-17-23(25-18-31-32(2)19-25)9-14-28(24)30(33(20)26-10-12-27(36-3)13-11-26)22-7-4-21(5-8-22)6-15-29(34)35/h4-15,17-20,30H,16H2,1-3H3,(H,34,35)/b15-6+. The van der Waals surface area contributed by atoms with E-state index in [9.17, 15) is 4.79 Å². The summed E-state index contributed by atoms with van der Waals surface area (Å²) in [6, 6.07) is 23.3. The van der Waals surface area contributed by atoms with Crippen LogP contribution in [0.5, 0.6) is 5.75 Å². The SMILES string of the molecule is COc1ccc(N2C(C)Cc3cc(-c4cnn(C)c4)ccc3C2c2ccc(/C=C/C(=O)O)cc2)cc1. The molecule has 2 unspecified atom stereocenters. The first kappa shape index (κ1) is 23.4. The number of nitrogens with zero attached hydrogens (tertiary/aromatic N) is 3. The van der Waals surface area contributed by atoms with E-state index in [2.05, 4.69) is 59.4 Å². The second-order valence-corrected chi connectivity index (χ2v) is 9.22. The molecule has 1 aromatic heterocycles. The molecule has 5 rings (SSSR count). The molecule has 2 heterocycles. The molecule has 6 heteroatoms. The summed E-state index contributed by atoms with van der Waals surface area (Å²) < 4.78 is 7.21. The second-order valence-electron chi connectivity index (χ2n) is 9.22. The molecule has 0 spiro atoms. The Morgan fingerprint density at radius 1 is 1.06 bits per heavy atom. The van der Waals surface area contributed by atoms with E-state index in [0.717, 1.165) is 40.6 Å². The van der Waals surface area contributed by atoms with Gasteiger partial charge in [-0.15, -0.1) is 0 Å². The van der Waals surface area contributed by atoms with Crippen molar-refractivity contribution in [2.75, 3.05) is 12.0 Å². The van der Waals surface area contributed by atoms with Crippen LogP contribution in [0.3, 0.4) is 0 Å². The van der Waals surface area contributed by atoms with Crippen molar-refractivity contribution in [3.8, 4) is 16.9 Å². The molecule has 3 aromatic carbocycles. The van der Waals surface area contributed by atoms with E-state index in [1.807, 2.05) is 48.4 Å². The molecule has 0 saturated heterocycles. The number of fused-ring (bicyclic) bond motifs is 1. The summed E-state index contributed by atoms with van der Waals surface area (Å²) in [6.45, 7) is 2.26. The van der Waals surface area contributed by atoms with Gasteiger partial charge in [0.2, 0.25) is 0 Å². The molecule has 0 aliphatic carbocycles. The highest BCUT2D eigenvalue weighted by molar-refractivity contribution is 5.85. The van der Waals surface area contributed by atoms with Crippen LogP contribution in [0.2, 0.25) is 0 Å². The van der Waals surface area contributed by atoms with Crippen molar-refractivity contribution in [1.82, 2.24) is 9.78 Å². The van der Waals surface area contributed by atoms with Crippen LogP contribution in [0.1, 0.15) is 35.2 Å². The fourth-order valence-electron chi connectivity index (χ4n) is 5.08. The first-order chi connectivity index (χ1) is 17.4. The molecule has 0 saturated carbocycles. The maximum atomic E-state index is 10.9. The molecule has 0 fully saturated rings. The summed E-state index contributed by atoms with van der Waals surface area (Å²) in [7, 11) is 3.61. The zero-order valence-corrected chi connectivity index (χ0v) is 20.6. The summed E-state index contributed by atoms with van der Waals surface area (Å²) in [5, 5.41) is 13.3.